The van der Waals surface area contributed by atoms with Crippen molar-refractivity contribution in [3.63, 3.8) is 0 Å². The molecule has 0 aliphatic rings. The fourth-order valence-corrected chi connectivity index (χ4v) is 0.734. The molecule has 9 heavy (non-hydrogen) atoms. The second-order valence-electron chi connectivity index (χ2n) is 1.17. The Morgan fingerprint density at radius 1 is 1.56 bits per heavy atom. The third-order valence-corrected chi connectivity index (χ3v) is 1.36. The van der Waals surface area contributed by atoms with Crippen LogP contribution >= 0.6 is 11.8 Å². The minimum atomic E-state index is -3.83. The standard InChI is InChI=1S/C2H6ClNO3S.Na/c3-4-1-2-8(5,6)7;/h4H,1-2H2,(H,5,6,7);. The molecule has 0 fully saturated rings. The van der Waals surface area contributed by atoms with Crippen molar-refractivity contribution in [1.82, 2.24) is 4.84 Å². The molecule has 0 aromatic rings. The Morgan fingerprint density at radius 3 is 2.11 bits per heavy atom. The number of halogens is 1. The van der Waals surface area contributed by atoms with Gasteiger partial charge in [0.2, 0.25) is 0 Å². The van der Waals surface area contributed by atoms with Crippen LogP contribution in [-0.2, 0) is 10.1 Å². The Morgan fingerprint density at radius 2 is 2.00 bits per heavy atom. The Kier molecular flexibility index (Phi) is 8.41. The maximum absolute atomic E-state index is 9.85. The molecule has 0 unspecified atom stereocenters. The molecule has 0 rings (SSSR count). The molecule has 0 spiro atoms. The molecule has 0 heterocycles. The van der Waals surface area contributed by atoms with E-state index in [4.69, 9.17) is 16.3 Å². The predicted molar refractivity (Wildman–Crippen MR) is 36.0 cm³/mol. The van der Waals surface area contributed by atoms with E-state index < -0.39 is 10.1 Å². The number of hydrogen-bond donors (Lipinski definition) is 2. The molecule has 0 aliphatic carbocycles. The van der Waals surface area contributed by atoms with E-state index in [1.165, 1.54) is 0 Å². The van der Waals surface area contributed by atoms with E-state index in [-0.39, 0.29) is 41.9 Å². The molecular weight excluding hydrogens is 177 g/mol. The Balaban J connectivity index is 0. The largest absolute Gasteiger partial charge is 0.286 e. The molecule has 7 heteroatoms. The second-order valence-corrected chi connectivity index (χ2v) is 3.01. The van der Waals surface area contributed by atoms with Crippen molar-refractivity contribution >= 4 is 51.5 Å². The smallest absolute Gasteiger partial charge is 0.266 e. The summed E-state index contributed by atoms with van der Waals surface area (Å²) in [5, 5.41) is 0. The van der Waals surface area contributed by atoms with Gasteiger partial charge < -0.3 is 0 Å². The van der Waals surface area contributed by atoms with Crippen LogP contribution in [0.3, 0.4) is 0 Å². The normalized spacial score (nSPS) is 10.4. The van der Waals surface area contributed by atoms with Crippen molar-refractivity contribution < 1.29 is 13.0 Å². The van der Waals surface area contributed by atoms with Gasteiger partial charge in [0.25, 0.3) is 10.1 Å². The molecule has 0 saturated carbocycles. The molecular formula is C2H6ClNNaO3S. The molecule has 2 N–H and O–H groups in total. The topological polar surface area (TPSA) is 66.4 Å². The van der Waals surface area contributed by atoms with E-state index >= 15 is 0 Å². The van der Waals surface area contributed by atoms with Gasteiger partial charge in [0.15, 0.2) is 0 Å². The van der Waals surface area contributed by atoms with Gasteiger partial charge in [-0.2, -0.15) is 8.42 Å². The zero-order valence-electron chi connectivity index (χ0n) is 4.96. The van der Waals surface area contributed by atoms with Gasteiger partial charge in [0.05, 0.1) is 5.75 Å². The second kappa shape index (κ2) is 5.91. The van der Waals surface area contributed by atoms with Gasteiger partial charge in [-0.1, -0.05) is 0 Å². The Hall–Kier alpha value is 1.16. The molecule has 0 atom stereocenters. The van der Waals surface area contributed by atoms with Gasteiger partial charge in [-0.15, -0.1) is 0 Å². The maximum atomic E-state index is 9.85. The Labute approximate surface area is 81.1 Å². The molecule has 0 bridgehead atoms. The van der Waals surface area contributed by atoms with E-state index in [1.54, 1.807) is 0 Å². The zero-order chi connectivity index (χ0) is 6.62. The van der Waals surface area contributed by atoms with E-state index in [2.05, 4.69) is 4.84 Å². The third-order valence-electron chi connectivity index (χ3n) is 0.455. The van der Waals surface area contributed by atoms with E-state index in [0.29, 0.717) is 0 Å². The number of nitrogens with one attached hydrogen (secondary N) is 1. The van der Waals surface area contributed by atoms with Crippen LogP contribution in [0.15, 0.2) is 0 Å². The minimum Gasteiger partial charge on any atom is -0.286 e. The van der Waals surface area contributed by atoms with Crippen molar-refractivity contribution in [1.29, 1.82) is 0 Å². The van der Waals surface area contributed by atoms with Crippen LogP contribution in [0.4, 0.5) is 0 Å². The van der Waals surface area contributed by atoms with Crippen molar-refractivity contribution in [2.45, 2.75) is 0 Å². The van der Waals surface area contributed by atoms with Crippen LogP contribution in [-0.4, -0.2) is 54.8 Å². The van der Waals surface area contributed by atoms with Crippen LogP contribution in [0.1, 0.15) is 0 Å². The average molecular weight is 183 g/mol. The van der Waals surface area contributed by atoms with Gasteiger partial charge >= 0.3 is 0 Å². The molecule has 0 saturated heterocycles. The molecule has 0 aromatic heterocycles. The molecule has 51 valence electrons. The first kappa shape index (κ1) is 12.8. The summed E-state index contributed by atoms with van der Waals surface area (Å²) in [5.74, 6) is -0.351. The van der Waals surface area contributed by atoms with Crippen molar-refractivity contribution in [2.75, 3.05) is 12.3 Å². The van der Waals surface area contributed by atoms with Gasteiger partial charge in [-0.25, -0.2) is 4.84 Å². The first-order valence-electron chi connectivity index (χ1n) is 1.85. The fraction of sp³-hybridized carbons (Fsp3) is 1.00. The molecule has 0 amide bonds. The summed E-state index contributed by atoms with van der Waals surface area (Å²) in [4.78, 5) is 2.06. The molecule has 1 radical (unpaired) electrons. The van der Waals surface area contributed by atoms with Gasteiger partial charge in [0, 0.05) is 36.1 Å². The van der Waals surface area contributed by atoms with E-state index in [0.717, 1.165) is 0 Å². The zero-order valence-corrected chi connectivity index (χ0v) is 8.54. The van der Waals surface area contributed by atoms with Gasteiger partial charge in [-0.3, -0.25) is 4.55 Å². The average Bonchev–Trinajstić information content (AvgIpc) is 1.59. The number of hydrogen-bond acceptors (Lipinski definition) is 3. The summed E-state index contributed by atoms with van der Waals surface area (Å²) >= 11 is 4.88. The van der Waals surface area contributed by atoms with Crippen molar-refractivity contribution in [3.8, 4) is 0 Å². The maximum Gasteiger partial charge on any atom is 0.266 e. The quantitative estimate of drug-likeness (QED) is 0.342. The minimum absolute atomic E-state index is 0. The molecule has 0 aromatic carbocycles. The monoisotopic (exact) mass is 182 g/mol. The summed E-state index contributed by atoms with van der Waals surface area (Å²) in [5.41, 5.74) is 0. The van der Waals surface area contributed by atoms with Crippen LogP contribution in [0.25, 0.3) is 0 Å². The summed E-state index contributed by atoms with van der Waals surface area (Å²) in [6.07, 6.45) is 0. The third kappa shape index (κ3) is 12.4. The SMILES string of the molecule is O=S(=O)(O)CCNCl.[Na]. The van der Waals surface area contributed by atoms with Crippen LogP contribution < -0.4 is 4.84 Å². The number of rotatable bonds is 3. The first-order chi connectivity index (χ1) is 3.56. The van der Waals surface area contributed by atoms with E-state index in [9.17, 15) is 8.42 Å². The molecule has 4 nitrogen and oxygen atoms in total. The predicted octanol–water partition coefficient (Wildman–Crippen LogP) is -0.763. The summed E-state index contributed by atoms with van der Waals surface area (Å²) in [6.45, 7) is 0.0559. The van der Waals surface area contributed by atoms with Gasteiger partial charge in [-0.05, 0) is 11.8 Å². The summed E-state index contributed by atoms with van der Waals surface area (Å²) < 4.78 is 27.7. The first-order valence-corrected chi connectivity index (χ1v) is 3.83. The molecule has 0 aliphatic heterocycles. The summed E-state index contributed by atoms with van der Waals surface area (Å²) in [7, 11) is -3.83. The van der Waals surface area contributed by atoms with Crippen LogP contribution in [0, 0.1) is 0 Å². The summed E-state index contributed by atoms with van der Waals surface area (Å²) in [6, 6.07) is 0. The van der Waals surface area contributed by atoms with Crippen LogP contribution in [0.5, 0.6) is 0 Å². The van der Waals surface area contributed by atoms with Crippen molar-refractivity contribution in [2.24, 2.45) is 0 Å². The van der Waals surface area contributed by atoms with E-state index in [1.807, 2.05) is 0 Å². The van der Waals surface area contributed by atoms with Crippen LogP contribution in [0.2, 0.25) is 0 Å². The Bertz CT molecular complexity index is 146. The van der Waals surface area contributed by atoms with Crippen molar-refractivity contribution in [3.05, 3.63) is 0 Å². The fourth-order valence-electron chi connectivity index (χ4n) is 0.168. The van der Waals surface area contributed by atoms with Gasteiger partial charge in [0.1, 0.15) is 0 Å².